The molecule has 0 radical (unpaired) electrons. The molecule has 0 saturated heterocycles. The van der Waals surface area contributed by atoms with Crippen molar-refractivity contribution >= 4 is 0 Å². The fraction of sp³-hybridized carbons (Fsp3) is 0.421. The molecule has 124 valence electrons. The van der Waals surface area contributed by atoms with E-state index in [1.54, 1.807) is 0 Å². The van der Waals surface area contributed by atoms with Gasteiger partial charge in [0, 0.05) is 24.9 Å². The van der Waals surface area contributed by atoms with Gasteiger partial charge in [-0.15, -0.1) is 0 Å². The third-order valence-corrected chi connectivity index (χ3v) is 4.64. The van der Waals surface area contributed by atoms with Gasteiger partial charge in [0.1, 0.15) is 6.04 Å². The molecule has 4 rings (SSSR count). The molecule has 1 aliphatic rings. The topological polar surface area (TPSA) is 48.5 Å². The highest BCUT2D eigenvalue weighted by molar-refractivity contribution is 5.15. The van der Waals surface area contributed by atoms with Crippen LogP contribution in [0.2, 0.25) is 0 Å². The van der Waals surface area contributed by atoms with Gasteiger partial charge in [-0.1, -0.05) is 37.3 Å². The number of hydrogen-bond acceptors (Lipinski definition) is 3. The van der Waals surface area contributed by atoms with Crippen LogP contribution >= 0.6 is 0 Å². The first-order chi connectivity index (χ1) is 11.8. The van der Waals surface area contributed by atoms with Gasteiger partial charge in [-0.05, 0) is 37.3 Å². The maximum atomic E-state index is 4.90. The molecule has 0 amide bonds. The highest BCUT2D eigenvalue weighted by Crippen LogP contribution is 2.38. The molecule has 2 aromatic heterocycles. The summed E-state index contributed by atoms with van der Waals surface area (Å²) in [4.78, 5) is 4.90. The van der Waals surface area contributed by atoms with Crippen LogP contribution in [0.3, 0.4) is 0 Å². The summed E-state index contributed by atoms with van der Waals surface area (Å²) in [7, 11) is 0. The van der Waals surface area contributed by atoms with Gasteiger partial charge in [-0.2, -0.15) is 10.2 Å². The highest BCUT2D eigenvalue weighted by atomic mass is 15.4. The minimum Gasteiger partial charge on any atom is -0.262 e. The molecule has 0 N–H and O–H groups in total. The van der Waals surface area contributed by atoms with Crippen LogP contribution in [0.1, 0.15) is 55.4 Å². The molecule has 1 atom stereocenters. The first-order valence-electron chi connectivity index (χ1n) is 8.83. The molecule has 0 unspecified atom stereocenters. The van der Waals surface area contributed by atoms with Gasteiger partial charge < -0.3 is 0 Å². The van der Waals surface area contributed by atoms with E-state index in [9.17, 15) is 0 Å². The summed E-state index contributed by atoms with van der Waals surface area (Å²) in [5.41, 5.74) is 1.33. The van der Waals surface area contributed by atoms with Crippen LogP contribution in [-0.2, 0) is 13.0 Å². The summed E-state index contributed by atoms with van der Waals surface area (Å²) in [6.45, 7) is 3.04. The molecule has 1 aliphatic carbocycles. The van der Waals surface area contributed by atoms with E-state index in [4.69, 9.17) is 10.1 Å². The fourth-order valence-corrected chi connectivity index (χ4v) is 3.13. The van der Waals surface area contributed by atoms with E-state index in [0.717, 1.165) is 31.0 Å². The zero-order chi connectivity index (χ0) is 16.4. The summed E-state index contributed by atoms with van der Waals surface area (Å²) < 4.78 is 4.11. The molecule has 0 spiro atoms. The van der Waals surface area contributed by atoms with Crippen molar-refractivity contribution in [3.8, 4) is 0 Å². The van der Waals surface area contributed by atoms with Crippen molar-refractivity contribution in [1.29, 1.82) is 0 Å². The number of aromatic nitrogens is 5. The van der Waals surface area contributed by atoms with Crippen molar-refractivity contribution in [1.82, 2.24) is 24.5 Å². The number of aryl methyl sites for hydroxylation is 2. The lowest BCUT2D eigenvalue weighted by molar-refractivity contribution is 0.445. The summed E-state index contributed by atoms with van der Waals surface area (Å²) in [6, 6.07) is 12.7. The molecular formula is C19H23N5. The minimum atomic E-state index is 0.149. The van der Waals surface area contributed by atoms with Crippen molar-refractivity contribution in [2.24, 2.45) is 0 Å². The van der Waals surface area contributed by atoms with E-state index >= 15 is 0 Å². The molecule has 1 saturated carbocycles. The Hall–Kier alpha value is -2.43. The second kappa shape index (κ2) is 6.59. The molecule has 5 heteroatoms. The average molecular weight is 321 g/mol. The van der Waals surface area contributed by atoms with Crippen molar-refractivity contribution in [3.63, 3.8) is 0 Å². The standard InChI is InChI=1S/C19H23N5/c1-2-17(23-13-6-12-20-23)19-21-18(16-9-10-16)22-24(19)14-11-15-7-4-3-5-8-15/h3-8,12-13,16-17H,2,9-11,14H2,1H3/t17-/m1/s1. The fourth-order valence-electron chi connectivity index (χ4n) is 3.13. The maximum Gasteiger partial charge on any atom is 0.154 e. The van der Waals surface area contributed by atoms with Gasteiger partial charge in [-0.3, -0.25) is 4.68 Å². The zero-order valence-electron chi connectivity index (χ0n) is 14.0. The van der Waals surface area contributed by atoms with E-state index < -0.39 is 0 Å². The molecule has 5 nitrogen and oxygen atoms in total. The Balaban J connectivity index is 1.62. The third-order valence-electron chi connectivity index (χ3n) is 4.64. The molecule has 0 aliphatic heterocycles. The van der Waals surface area contributed by atoms with Crippen molar-refractivity contribution in [3.05, 3.63) is 66.0 Å². The molecule has 1 fully saturated rings. The first kappa shape index (κ1) is 15.1. The second-order valence-electron chi connectivity index (χ2n) is 6.47. The Kier molecular flexibility index (Phi) is 4.15. The SMILES string of the molecule is CC[C@H](c1nc(C2CC2)nn1CCc1ccccc1)n1cccn1. The maximum absolute atomic E-state index is 4.90. The van der Waals surface area contributed by atoms with Crippen LogP contribution in [0, 0.1) is 0 Å². The smallest absolute Gasteiger partial charge is 0.154 e. The Morgan fingerprint density at radius 3 is 2.67 bits per heavy atom. The van der Waals surface area contributed by atoms with Gasteiger partial charge in [0.25, 0.3) is 0 Å². The summed E-state index contributed by atoms with van der Waals surface area (Å²) in [5.74, 6) is 2.62. The first-order valence-corrected chi connectivity index (χ1v) is 8.83. The lowest BCUT2D eigenvalue weighted by Gasteiger charge is -2.16. The lowest BCUT2D eigenvalue weighted by atomic mass is 10.1. The van der Waals surface area contributed by atoms with E-state index in [0.29, 0.717) is 5.92 Å². The predicted octanol–water partition coefficient (Wildman–Crippen LogP) is 3.59. The van der Waals surface area contributed by atoms with Gasteiger partial charge >= 0.3 is 0 Å². The third kappa shape index (κ3) is 3.11. The molecule has 24 heavy (non-hydrogen) atoms. The summed E-state index contributed by atoms with van der Waals surface area (Å²) in [5, 5.41) is 9.26. The molecule has 3 aromatic rings. The van der Waals surface area contributed by atoms with Crippen molar-refractivity contribution < 1.29 is 0 Å². The summed E-state index contributed by atoms with van der Waals surface area (Å²) in [6.07, 6.45) is 8.21. The van der Waals surface area contributed by atoms with Crippen LogP contribution in [0.15, 0.2) is 48.8 Å². The molecule has 2 heterocycles. The van der Waals surface area contributed by atoms with Crippen LogP contribution in [0.4, 0.5) is 0 Å². The second-order valence-corrected chi connectivity index (χ2v) is 6.47. The number of rotatable bonds is 7. The Labute approximate surface area is 142 Å². The van der Waals surface area contributed by atoms with Gasteiger partial charge in [0.2, 0.25) is 0 Å². The van der Waals surface area contributed by atoms with Crippen LogP contribution in [0.25, 0.3) is 0 Å². The van der Waals surface area contributed by atoms with E-state index in [1.165, 1.54) is 18.4 Å². The largest absolute Gasteiger partial charge is 0.262 e. The van der Waals surface area contributed by atoms with Crippen LogP contribution < -0.4 is 0 Å². The lowest BCUT2D eigenvalue weighted by Crippen LogP contribution is -2.18. The van der Waals surface area contributed by atoms with Crippen molar-refractivity contribution in [2.45, 2.75) is 51.1 Å². The van der Waals surface area contributed by atoms with E-state index in [1.807, 2.05) is 23.1 Å². The average Bonchev–Trinajstić information content (AvgIpc) is 3.17. The van der Waals surface area contributed by atoms with Crippen molar-refractivity contribution in [2.75, 3.05) is 0 Å². The number of hydrogen-bond donors (Lipinski definition) is 0. The minimum absolute atomic E-state index is 0.149. The van der Waals surface area contributed by atoms with Gasteiger partial charge in [0.15, 0.2) is 11.6 Å². The number of nitrogens with zero attached hydrogens (tertiary/aromatic N) is 5. The molecule has 0 bridgehead atoms. The van der Waals surface area contributed by atoms with Gasteiger partial charge in [-0.25, -0.2) is 9.67 Å². The predicted molar refractivity (Wildman–Crippen MR) is 92.8 cm³/mol. The Bertz CT molecular complexity index is 771. The Morgan fingerprint density at radius 2 is 2.00 bits per heavy atom. The monoisotopic (exact) mass is 321 g/mol. The summed E-state index contributed by atoms with van der Waals surface area (Å²) >= 11 is 0. The number of benzene rings is 1. The quantitative estimate of drug-likeness (QED) is 0.668. The van der Waals surface area contributed by atoms with Gasteiger partial charge in [0.05, 0.1) is 0 Å². The van der Waals surface area contributed by atoms with Crippen LogP contribution in [0.5, 0.6) is 0 Å². The van der Waals surface area contributed by atoms with Crippen LogP contribution in [-0.4, -0.2) is 24.5 Å². The molecular weight excluding hydrogens is 298 g/mol. The highest BCUT2D eigenvalue weighted by Gasteiger charge is 2.30. The Morgan fingerprint density at radius 1 is 1.17 bits per heavy atom. The molecule has 1 aromatic carbocycles. The van der Waals surface area contributed by atoms with E-state index in [-0.39, 0.29) is 6.04 Å². The normalized spacial score (nSPS) is 15.5. The van der Waals surface area contributed by atoms with E-state index in [2.05, 4.69) is 47.0 Å². The zero-order valence-corrected chi connectivity index (χ0v) is 14.0.